The molecule has 3 aromatic carbocycles. The molecule has 1 heterocycles. The molecule has 3 N–H and O–H groups in total. The van der Waals surface area contributed by atoms with Crippen molar-refractivity contribution in [3.05, 3.63) is 96.1 Å². The van der Waals surface area contributed by atoms with Gasteiger partial charge in [0, 0.05) is 12.1 Å². The van der Waals surface area contributed by atoms with E-state index >= 15 is 0 Å². The number of nitriles is 1. The third kappa shape index (κ3) is 4.84. The summed E-state index contributed by atoms with van der Waals surface area (Å²) < 4.78 is 28.4. The van der Waals surface area contributed by atoms with E-state index in [1.165, 1.54) is 34.6 Å². The largest absolute Gasteiger partial charge is 0.465 e. The van der Waals surface area contributed by atoms with Crippen LogP contribution < -0.4 is 10.6 Å². The average Bonchev–Trinajstić information content (AvgIpc) is 2.86. The second kappa shape index (κ2) is 10.0. The molecule has 0 aromatic heterocycles. The van der Waals surface area contributed by atoms with Gasteiger partial charge in [-0.3, -0.25) is 10.1 Å². The van der Waals surface area contributed by atoms with Crippen molar-refractivity contribution in [2.75, 3.05) is 17.2 Å². The van der Waals surface area contributed by atoms with Crippen molar-refractivity contribution in [2.45, 2.75) is 17.4 Å². The van der Waals surface area contributed by atoms with E-state index in [-0.39, 0.29) is 34.8 Å². The van der Waals surface area contributed by atoms with Crippen LogP contribution in [0.3, 0.4) is 0 Å². The van der Waals surface area contributed by atoms with Crippen LogP contribution in [0.15, 0.2) is 84.3 Å². The summed E-state index contributed by atoms with van der Waals surface area (Å²) in [6.45, 7) is 4.07. The lowest BCUT2D eigenvalue weighted by molar-refractivity contribution is 0.102. The van der Waals surface area contributed by atoms with Crippen molar-refractivity contribution in [3.63, 3.8) is 0 Å². The van der Waals surface area contributed by atoms with Crippen LogP contribution in [0.5, 0.6) is 0 Å². The van der Waals surface area contributed by atoms with Crippen molar-refractivity contribution in [3.8, 4) is 6.07 Å². The van der Waals surface area contributed by atoms with Gasteiger partial charge in [-0.15, -0.1) is 0 Å². The Morgan fingerprint density at radius 2 is 1.61 bits per heavy atom. The first-order chi connectivity index (χ1) is 17.2. The third-order valence-electron chi connectivity index (χ3n) is 5.82. The number of sulfonamides is 1. The molecule has 3 aromatic rings. The van der Waals surface area contributed by atoms with E-state index in [2.05, 4.69) is 23.3 Å². The number of para-hydroxylation sites is 2. The smallest absolute Gasteiger partial charge is 0.409 e. The van der Waals surface area contributed by atoms with Crippen LogP contribution in [-0.4, -0.2) is 36.4 Å². The number of hydrogen-bond acceptors (Lipinski definition) is 5. The van der Waals surface area contributed by atoms with Gasteiger partial charge in [0.2, 0.25) is 10.0 Å². The predicted molar refractivity (Wildman–Crippen MR) is 135 cm³/mol. The summed E-state index contributed by atoms with van der Waals surface area (Å²) in [7, 11) is -4.02. The number of anilines is 2. The zero-order valence-electron chi connectivity index (χ0n) is 19.0. The molecule has 0 bridgehead atoms. The van der Waals surface area contributed by atoms with Gasteiger partial charge >= 0.3 is 6.09 Å². The molecule has 4 rings (SSSR count). The quantitative estimate of drug-likeness (QED) is 0.446. The molecule has 0 fully saturated rings. The van der Waals surface area contributed by atoms with Gasteiger partial charge in [-0.2, -0.15) is 9.57 Å². The second-order valence-electron chi connectivity index (χ2n) is 8.07. The lowest BCUT2D eigenvalue weighted by atomic mass is 9.90. The molecule has 182 valence electrons. The summed E-state index contributed by atoms with van der Waals surface area (Å²) in [6.07, 6.45) is -1.29. The summed E-state index contributed by atoms with van der Waals surface area (Å²) in [5.74, 6) is -0.541. The highest BCUT2D eigenvalue weighted by atomic mass is 32.2. The van der Waals surface area contributed by atoms with Gasteiger partial charge in [0.15, 0.2) is 0 Å². The number of hydrogen-bond donors (Lipinski definition) is 3. The fourth-order valence-corrected chi connectivity index (χ4v) is 5.72. The predicted octanol–water partition coefficient (Wildman–Crippen LogP) is 4.70. The molecule has 1 unspecified atom stereocenters. The fraction of sp³-hybridized carbons (Fsp3) is 0.115. The molecule has 1 aliphatic rings. The van der Waals surface area contributed by atoms with E-state index in [1.807, 2.05) is 12.1 Å². The van der Waals surface area contributed by atoms with Crippen molar-refractivity contribution in [2.24, 2.45) is 0 Å². The van der Waals surface area contributed by atoms with Gasteiger partial charge < -0.3 is 10.4 Å². The fourth-order valence-electron chi connectivity index (χ4n) is 4.12. The zero-order valence-corrected chi connectivity index (χ0v) is 19.8. The van der Waals surface area contributed by atoms with Gasteiger partial charge in [0.1, 0.15) is 0 Å². The average molecular weight is 503 g/mol. The van der Waals surface area contributed by atoms with Crippen molar-refractivity contribution >= 4 is 39.0 Å². The maximum absolute atomic E-state index is 13.6. The lowest BCUT2D eigenvalue weighted by Gasteiger charge is -2.36. The van der Waals surface area contributed by atoms with Crippen molar-refractivity contribution in [1.29, 1.82) is 5.26 Å². The Morgan fingerprint density at radius 3 is 2.25 bits per heavy atom. The molecular formula is C26H22N4O5S. The standard InChI is InChI=1S/C26H22N4O5S/c1-17-16-30(24(14-15-27)21-7-3-2-6-20(17)21)36(34,35)19-12-10-18(11-13-19)25(31)28-22-8-4-5-9-23(22)29-26(32)33/h2-13,24,29H,1,14,16H2,(H,28,31)(H,32,33). The van der Waals surface area contributed by atoms with Crippen LogP contribution in [0, 0.1) is 11.3 Å². The lowest BCUT2D eigenvalue weighted by Crippen LogP contribution is -2.39. The van der Waals surface area contributed by atoms with Gasteiger partial charge in [-0.1, -0.05) is 43.0 Å². The van der Waals surface area contributed by atoms with Gasteiger partial charge in [-0.05, 0) is 53.1 Å². The minimum absolute atomic E-state index is 0.0200. The third-order valence-corrected chi connectivity index (χ3v) is 7.69. The monoisotopic (exact) mass is 502 g/mol. The van der Waals surface area contributed by atoms with E-state index in [4.69, 9.17) is 5.11 Å². The summed E-state index contributed by atoms with van der Waals surface area (Å²) in [6, 6.07) is 20.4. The molecule has 1 aliphatic heterocycles. The topological polar surface area (TPSA) is 140 Å². The van der Waals surface area contributed by atoms with E-state index in [0.29, 0.717) is 5.57 Å². The normalized spacial score (nSPS) is 15.4. The SMILES string of the molecule is C=C1CN(S(=O)(=O)c2ccc(C(=O)Nc3ccccc3NC(=O)O)cc2)C(CC#N)c2ccccc21. The van der Waals surface area contributed by atoms with Crippen LogP contribution in [0.1, 0.15) is 33.9 Å². The number of carboxylic acid groups (broad SMARTS) is 1. The van der Waals surface area contributed by atoms with Crippen LogP contribution in [0.4, 0.5) is 16.2 Å². The van der Waals surface area contributed by atoms with Gasteiger partial charge in [0.05, 0.1) is 34.8 Å². The van der Waals surface area contributed by atoms with E-state index in [9.17, 15) is 23.3 Å². The first kappa shape index (κ1) is 24.7. The number of carbonyl (C=O) groups excluding carboxylic acids is 1. The number of carbonyl (C=O) groups is 2. The zero-order chi connectivity index (χ0) is 25.9. The molecule has 36 heavy (non-hydrogen) atoms. The second-order valence-corrected chi connectivity index (χ2v) is 9.96. The number of nitrogens with zero attached hydrogens (tertiary/aromatic N) is 2. The van der Waals surface area contributed by atoms with Crippen LogP contribution >= 0.6 is 0 Å². The van der Waals surface area contributed by atoms with Crippen LogP contribution in [-0.2, 0) is 10.0 Å². The minimum atomic E-state index is -4.02. The Labute approximate surface area is 208 Å². The Morgan fingerprint density at radius 1 is 1.00 bits per heavy atom. The highest BCUT2D eigenvalue weighted by Crippen LogP contribution is 2.39. The molecule has 0 radical (unpaired) electrons. The van der Waals surface area contributed by atoms with E-state index < -0.39 is 28.1 Å². The Hall–Kier alpha value is -4.46. The maximum atomic E-state index is 13.6. The molecule has 9 nitrogen and oxygen atoms in total. The van der Waals surface area contributed by atoms with Gasteiger partial charge in [-0.25, -0.2) is 13.2 Å². The maximum Gasteiger partial charge on any atom is 0.409 e. The Balaban J connectivity index is 1.59. The van der Waals surface area contributed by atoms with E-state index in [0.717, 1.165) is 11.1 Å². The molecule has 0 saturated heterocycles. The summed E-state index contributed by atoms with van der Waals surface area (Å²) in [5, 5.41) is 23.2. The van der Waals surface area contributed by atoms with Crippen molar-refractivity contribution in [1.82, 2.24) is 4.31 Å². The number of nitrogens with one attached hydrogen (secondary N) is 2. The number of amides is 2. The first-order valence-corrected chi connectivity index (χ1v) is 12.3. The Kier molecular flexibility index (Phi) is 6.87. The number of rotatable bonds is 6. The summed E-state index contributed by atoms with van der Waals surface area (Å²) >= 11 is 0. The first-order valence-electron chi connectivity index (χ1n) is 10.9. The molecule has 10 heteroatoms. The number of fused-ring (bicyclic) bond motifs is 1. The molecule has 0 saturated carbocycles. The number of benzene rings is 3. The molecule has 0 spiro atoms. The Bertz CT molecular complexity index is 1490. The summed E-state index contributed by atoms with van der Waals surface area (Å²) in [4.78, 5) is 23.7. The van der Waals surface area contributed by atoms with Crippen molar-refractivity contribution < 1.29 is 23.1 Å². The van der Waals surface area contributed by atoms with Gasteiger partial charge in [0.25, 0.3) is 5.91 Å². The molecule has 1 atom stereocenters. The van der Waals surface area contributed by atoms with E-state index in [1.54, 1.807) is 30.3 Å². The molecule has 0 aliphatic carbocycles. The molecular weight excluding hydrogens is 480 g/mol. The van der Waals surface area contributed by atoms with Crippen LogP contribution in [0.2, 0.25) is 0 Å². The highest BCUT2D eigenvalue weighted by molar-refractivity contribution is 7.89. The highest BCUT2D eigenvalue weighted by Gasteiger charge is 2.37. The molecule has 2 amide bonds. The van der Waals surface area contributed by atoms with Crippen LogP contribution in [0.25, 0.3) is 5.57 Å². The minimum Gasteiger partial charge on any atom is -0.465 e. The summed E-state index contributed by atoms with van der Waals surface area (Å²) in [5.41, 5.74) is 2.84.